The van der Waals surface area contributed by atoms with Gasteiger partial charge in [0, 0.05) is 17.6 Å². The molecule has 2 amide bonds. The monoisotopic (exact) mass is 340 g/mol. The van der Waals surface area contributed by atoms with Gasteiger partial charge in [0.1, 0.15) is 5.75 Å². The quantitative estimate of drug-likeness (QED) is 0.854. The third kappa shape index (κ3) is 4.85. The number of carbonyl (C=O) groups is 2. The summed E-state index contributed by atoms with van der Waals surface area (Å²) in [6, 6.07) is 7.54. The van der Waals surface area contributed by atoms with Crippen molar-refractivity contribution in [3.8, 4) is 5.75 Å². The van der Waals surface area contributed by atoms with Gasteiger partial charge in [0.15, 0.2) is 6.61 Å². The summed E-state index contributed by atoms with van der Waals surface area (Å²) in [7, 11) is 1.60. The van der Waals surface area contributed by atoms with E-state index in [1.54, 1.807) is 19.2 Å². The molecule has 0 saturated heterocycles. The second-order valence-electron chi connectivity index (χ2n) is 4.83. The first-order valence-corrected chi connectivity index (χ1v) is 7.25. The Morgan fingerprint density at radius 2 is 2.00 bits per heavy atom. The summed E-state index contributed by atoms with van der Waals surface area (Å²) in [5.74, 6) is 0.281. The van der Waals surface area contributed by atoms with Crippen LogP contribution in [-0.4, -0.2) is 43.0 Å². The number of rotatable bonds is 6. The average molecular weight is 341 g/mol. The van der Waals surface area contributed by atoms with Crippen molar-refractivity contribution in [1.82, 2.24) is 10.2 Å². The molecule has 0 heterocycles. The van der Waals surface area contributed by atoms with Crippen molar-refractivity contribution in [3.05, 3.63) is 28.7 Å². The molecule has 6 heteroatoms. The zero-order chi connectivity index (χ0) is 14.5. The Balaban J connectivity index is 1.72. The maximum absolute atomic E-state index is 11.8. The second-order valence-corrected chi connectivity index (χ2v) is 5.75. The molecule has 2 rings (SSSR count). The van der Waals surface area contributed by atoms with E-state index in [1.807, 2.05) is 12.1 Å². The van der Waals surface area contributed by atoms with Gasteiger partial charge in [0.05, 0.1) is 6.54 Å². The maximum Gasteiger partial charge on any atom is 0.260 e. The summed E-state index contributed by atoms with van der Waals surface area (Å²) in [5, 5.41) is 2.84. The molecule has 0 atom stereocenters. The summed E-state index contributed by atoms with van der Waals surface area (Å²) < 4.78 is 6.32. The number of hydrogen-bond donors (Lipinski definition) is 1. The number of benzene rings is 1. The molecule has 0 radical (unpaired) electrons. The van der Waals surface area contributed by atoms with Gasteiger partial charge in [-0.25, -0.2) is 0 Å². The molecule has 1 aromatic rings. The summed E-state index contributed by atoms with van der Waals surface area (Å²) in [4.78, 5) is 24.8. The van der Waals surface area contributed by atoms with Crippen molar-refractivity contribution in [1.29, 1.82) is 0 Å². The van der Waals surface area contributed by atoms with E-state index in [0.717, 1.165) is 17.3 Å². The van der Waals surface area contributed by atoms with Gasteiger partial charge < -0.3 is 15.0 Å². The van der Waals surface area contributed by atoms with E-state index < -0.39 is 0 Å². The first-order chi connectivity index (χ1) is 9.54. The average Bonchev–Trinajstić information content (AvgIpc) is 3.21. The van der Waals surface area contributed by atoms with Crippen molar-refractivity contribution in [2.24, 2.45) is 0 Å². The van der Waals surface area contributed by atoms with Crippen molar-refractivity contribution in [3.63, 3.8) is 0 Å². The van der Waals surface area contributed by atoms with Crippen molar-refractivity contribution in [2.75, 3.05) is 20.2 Å². The molecule has 0 aromatic heterocycles. The van der Waals surface area contributed by atoms with Gasteiger partial charge >= 0.3 is 0 Å². The van der Waals surface area contributed by atoms with Crippen LogP contribution in [0.2, 0.25) is 0 Å². The molecule has 1 saturated carbocycles. The van der Waals surface area contributed by atoms with Crippen LogP contribution in [-0.2, 0) is 9.59 Å². The fourth-order valence-corrected chi connectivity index (χ4v) is 1.85. The number of amides is 2. The third-order valence-corrected chi connectivity index (χ3v) is 3.45. The normalized spacial score (nSPS) is 13.7. The zero-order valence-corrected chi connectivity index (χ0v) is 12.9. The van der Waals surface area contributed by atoms with Gasteiger partial charge in [0.2, 0.25) is 5.91 Å². The number of likely N-dealkylation sites (N-methyl/N-ethyl adjacent to an activating group) is 1. The molecule has 0 unspecified atom stereocenters. The Hall–Kier alpha value is -1.56. The number of halogens is 1. The lowest BCUT2D eigenvalue weighted by Crippen LogP contribution is -2.40. The molecule has 5 nitrogen and oxygen atoms in total. The topological polar surface area (TPSA) is 58.6 Å². The predicted octanol–water partition coefficient (Wildman–Crippen LogP) is 1.56. The molecule has 1 fully saturated rings. The minimum absolute atomic E-state index is 0.0685. The van der Waals surface area contributed by atoms with E-state index in [-0.39, 0.29) is 25.0 Å². The van der Waals surface area contributed by atoms with Crippen LogP contribution in [0, 0.1) is 0 Å². The van der Waals surface area contributed by atoms with E-state index in [9.17, 15) is 9.59 Å². The van der Waals surface area contributed by atoms with Crippen LogP contribution in [0.25, 0.3) is 0 Å². The van der Waals surface area contributed by atoms with Gasteiger partial charge in [0.25, 0.3) is 5.91 Å². The molecule has 1 N–H and O–H groups in total. The standard InChI is InChI=1S/C14H17BrN2O3/c1-17(8-13(18)16-11-4-5-11)14(19)9-20-12-6-2-10(15)3-7-12/h2-3,6-7,11H,4-5,8-9H2,1H3,(H,16,18). The highest BCUT2D eigenvalue weighted by Gasteiger charge is 2.24. The highest BCUT2D eigenvalue weighted by atomic mass is 79.9. The minimum atomic E-state index is -0.223. The molecule has 0 aliphatic heterocycles. The Morgan fingerprint density at radius 1 is 1.35 bits per heavy atom. The molecule has 0 bridgehead atoms. The summed E-state index contributed by atoms with van der Waals surface area (Å²) in [6.45, 7) is -0.00608. The second kappa shape index (κ2) is 6.74. The Bertz CT molecular complexity index is 486. The van der Waals surface area contributed by atoms with Crippen molar-refractivity contribution < 1.29 is 14.3 Å². The predicted molar refractivity (Wildman–Crippen MR) is 78.4 cm³/mol. The number of nitrogens with one attached hydrogen (secondary N) is 1. The maximum atomic E-state index is 11.8. The number of hydrogen-bond acceptors (Lipinski definition) is 3. The van der Waals surface area contributed by atoms with Gasteiger partial charge in [-0.15, -0.1) is 0 Å². The van der Waals surface area contributed by atoms with Crippen LogP contribution in [0.1, 0.15) is 12.8 Å². The van der Waals surface area contributed by atoms with E-state index in [4.69, 9.17) is 4.74 Å². The van der Waals surface area contributed by atoms with E-state index in [1.165, 1.54) is 4.90 Å². The Labute approximate surface area is 126 Å². The van der Waals surface area contributed by atoms with Gasteiger partial charge in [-0.3, -0.25) is 9.59 Å². The van der Waals surface area contributed by atoms with Crippen molar-refractivity contribution >= 4 is 27.7 Å². The van der Waals surface area contributed by atoms with Gasteiger partial charge in [-0.2, -0.15) is 0 Å². The van der Waals surface area contributed by atoms with Gasteiger partial charge in [-0.05, 0) is 37.1 Å². The van der Waals surface area contributed by atoms with Crippen molar-refractivity contribution in [2.45, 2.75) is 18.9 Å². The summed E-state index contributed by atoms with van der Waals surface area (Å²) >= 11 is 3.33. The molecular weight excluding hydrogens is 324 g/mol. The highest BCUT2D eigenvalue weighted by Crippen LogP contribution is 2.18. The van der Waals surface area contributed by atoms with Crippen LogP contribution < -0.4 is 10.1 Å². The Morgan fingerprint density at radius 3 is 2.60 bits per heavy atom. The first-order valence-electron chi connectivity index (χ1n) is 6.46. The molecular formula is C14H17BrN2O3. The lowest BCUT2D eigenvalue weighted by Gasteiger charge is -2.17. The highest BCUT2D eigenvalue weighted by molar-refractivity contribution is 9.10. The molecule has 0 spiro atoms. The lowest BCUT2D eigenvalue weighted by atomic mass is 10.3. The van der Waals surface area contributed by atoms with E-state index in [0.29, 0.717) is 11.8 Å². The number of ether oxygens (including phenoxy) is 1. The summed E-state index contributed by atoms with van der Waals surface area (Å²) in [5.41, 5.74) is 0. The SMILES string of the molecule is CN(CC(=O)NC1CC1)C(=O)COc1ccc(Br)cc1. The lowest BCUT2D eigenvalue weighted by molar-refractivity contribution is -0.136. The molecule has 1 aliphatic rings. The van der Waals surface area contributed by atoms with E-state index in [2.05, 4.69) is 21.2 Å². The number of nitrogens with zero attached hydrogens (tertiary/aromatic N) is 1. The largest absolute Gasteiger partial charge is 0.484 e. The zero-order valence-electron chi connectivity index (χ0n) is 11.3. The van der Waals surface area contributed by atoms with Gasteiger partial charge in [-0.1, -0.05) is 15.9 Å². The minimum Gasteiger partial charge on any atom is -0.484 e. The fourth-order valence-electron chi connectivity index (χ4n) is 1.59. The summed E-state index contributed by atoms with van der Waals surface area (Å²) in [6.07, 6.45) is 2.08. The molecule has 20 heavy (non-hydrogen) atoms. The molecule has 1 aliphatic carbocycles. The van der Waals surface area contributed by atoms with Crippen LogP contribution in [0.15, 0.2) is 28.7 Å². The van der Waals surface area contributed by atoms with Crippen LogP contribution in [0.5, 0.6) is 5.75 Å². The first kappa shape index (κ1) is 14.8. The third-order valence-electron chi connectivity index (χ3n) is 2.92. The molecule has 1 aromatic carbocycles. The fraction of sp³-hybridized carbons (Fsp3) is 0.429. The van der Waals surface area contributed by atoms with Crippen LogP contribution in [0.4, 0.5) is 0 Å². The Kier molecular flexibility index (Phi) is 5.00. The van der Waals surface area contributed by atoms with Crippen LogP contribution >= 0.6 is 15.9 Å². The number of carbonyl (C=O) groups excluding carboxylic acids is 2. The molecule has 108 valence electrons. The van der Waals surface area contributed by atoms with Crippen LogP contribution in [0.3, 0.4) is 0 Å². The van der Waals surface area contributed by atoms with E-state index >= 15 is 0 Å². The smallest absolute Gasteiger partial charge is 0.260 e.